The lowest BCUT2D eigenvalue weighted by Crippen LogP contribution is -2.47. The van der Waals surface area contributed by atoms with E-state index in [-0.39, 0.29) is 18.0 Å². The van der Waals surface area contributed by atoms with E-state index in [4.69, 9.17) is 9.73 Å². The monoisotopic (exact) mass is 325 g/mol. The van der Waals surface area contributed by atoms with Crippen LogP contribution in [-0.4, -0.2) is 60.8 Å². The Morgan fingerprint density at radius 3 is 2.57 bits per heavy atom. The minimum Gasteiger partial charge on any atom is -0.466 e. The molecule has 2 fully saturated rings. The van der Waals surface area contributed by atoms with Gasteiger partial charge in [-0.2, -0.15) is 0 Å². The summed E-state index contributed by atoms with van der Waals surface area (Å²) >= 11 is 0. The number of hydrogen-bond acceptors (Lipinski definition) is 4. The molecule has 6 heteroatoms. The molecular weight excluding hydrogens is 294 g/mol. The molecule has 2 rings (SSSR count). The van der Waals surface area contributed by atoms with Gasteiger partial charge in [0.1, 0.15) is 0 Å². The van der Waals surface area contributed by atoms with Crippen molar-refractivity contribution in [2.45, 2.75) is 52.1 Å². The summed E-state index contributed by atoms with van der Waals surface area (Å²) in [6.07, 6.45) is 4.50. The zero-order valence-electron chi connectivity index (χ0n) is 14.5. The molecule has 0 aromatic rings. The van der Waals surface area contributed by atoms with E-state index < -0.39 is 0 Å². The van der Waals surface area contributed by atoms with Crippen molar-refractivity contribution in [3.63, 3.8) is 0 Å². The molecular formula is C17H31N3O3. The molecule has 23 heavy (non-hydrogen) atoms. The Kier molecular flexibility index (Phi) is 7.15. The second-order valence-electron chi connectivity index (χ2n) is 6.47. The first kappa shape index (κ1) is 18.0. The normalized spacial score (nSPS) is 26.4. The van der Waals surface area contributed by atoms with Crippen molar-refractivity contribution in [3.05, 3.63) is 0 Å². The molecule has 0 bridgehead atoms. The SMILES string of the molecule is CCNC(=NCC1CCCC1O)N1CCC(C(=O)OCC)CC1. The van der Waals surface area contributed by atoms with Crippen LogP contribution in [0.2, 0.25) is 0 Å². The molecule has 2 unspecified atom stereocenters. The summed E-state index contributed by atoms with van der Waals surface area (Å²) in [4.78, 5) is 18.8. The van der Waals surface area contributed by atoms with Gasteiger partial charge < -0.3 is 20.1 Å². The lowest BCUT2D eigenvalue weighted by Gasteiger charge is -2.33. The van der Waals surface area contributed by atoms with Gasteiger partial charge in [-0.25, -0.2) is 0 Å². The van der Waals surface area contributed by atoms with Gasteiger partial charge in [0, 0.05) is 32.1 Å². The number of nitrogens with zero attached hydrogens (tertiary/aromatic N) is 2. The third kappa shape index (κ3) is 5.09. The predicted molar refractivity (Wildman–Crippen MR) is 90.3 cm³/mol. The van der Waals surface area contributed by atoms with Crippen LogP contribution in [-0.2, 0) is 9.53 Å². The number of aliphatic imine (C=N–C) groups is 1. The number of guanidine groups is 1. The van der Waals surface area contributed by atoms with Gasteiger partial charge in [-0.15, -0.1) is 0 Å². The van der Waals surface area contributed by atoms with Gasteiger partial charge >= 0.3 is 5.97 Å². The maximum atomic E-state index is 11.8. The van der Waals surface area contributed by atoms with E-state index in [1.54, 1.807) is 0 Å². The molecule has 2 N–H and O–H groups in total. The number of carbonyl (C=O) groups excluding carboxylic acids is 1. The van der Waals surface area contributed by atoms with Crippen LogP contribution < -0.4 is 5.32 Å². The Balaban J connectivity index is 1.87. The van der Waals surface area contributed by atoms with E-state index in [1.165, 1.54) is 0 Å². The van der Waals surface area contributed by atoms with Gasteiger partial charge in [-0.1, -0.05) is 6.42 Å². The average Bonchev–Trinajstić information content (AvgIpc) is 2.97. The molecule has 0 spiro atoms. The summed E-state index contributed by atoms with van der Waals surface area (Å²) in [6.45, 7) is 7.51. The highest BCUT2D eigenvalue weighted by Gasteiger charge is 2.28. The number of piperidine rings is 1. The van der Waals surface area contributed by atoms with Crippen molar-refractivity contribution >= 4 is 11.9 Å². The Morgan fingerprint density at radius 1 is 1.26 bits per heavy atom. The van der Waals surface area contributed by atoms with E-state index in [0.717, 1.165) is 57.7 Å². The van der Waals surface area contributed by atoms with Crippen LogP contribution in [0.1, 0.15) is 46.0 Å². The van der Waals surface area contributed by atoms with Crippen LogP contribution in [0.3, 0.4) is 0 Å². The van der Waals surface area contributed by atoms with Crippen molar-refractivity contribution in [1.82, 2.24) is 10.2 Å². The quantitative estimate of drug-likeness (QED) is 0.454. The fourth-order valence-electron chi connectivity index (χ4n) is 3.45. The van der Waals surface area contributed by atoms with Crippen LogP contribution in [0.4, 0.5) is 0 Å². The summed E-state index contributed by atoms with van der Waals surface area (Å²) < 4.78 is 5.12. The zero-order chi connectivity index (χ0) is 16.7. The highest BCUT2D eigenvalue weighted by Crippen LogP contribution is 2.26. The molecule has 2 atom stereocenters. The number of rotatable bonds is 5. The van der Waals surface area contributed by atoms with Crippen molar-refractivity contribution in [2.75, 3.05) is 32.8 Å². The molecule has 0 aromatic carbocycles. The fraction of sp³-hybridized carbons (Fsp3) is 0.882. The van der Waals surface area contributed by atoms with Crippen molar-refractivity contribution in [3.8, 4) is 0 Å². The van der Waals surface area contributed by atoms with Crippen LogP contribution in [0.5, 0.6) is 0 Å². The zero-order valence-corrected chi connectivity index (χ0v) is 14.5. The number of esters is 1. The van der Waals surface area contributed by atoms with Gasteiger partial charge in [0.25, 0.3) is 0 Å². The van der Waals surface area contributed by atoms with Crippen molar-refractivity contribution in [1.29, 1.82) is 0 Å². The molecule has 6 nitrogen and oxygen atoms in total. The highest BCUT2D eigenvalue weighted by atomic mass is 16.5. The summed E-state index contributed by atoms with van der Waals surface area (Å²) in [5.74, 6) is 1.16. The fourth-order valence-corrected chi connectivity index (χ4v) is 3.45. The standard InChI is InChI=1S/C17H31N3O3/c1-3-18-17(19-12-14-6-5-7-15(14)21)20-10-8-13(9-11-20)16(22)23-4-2/h13-15,21H,3-12H2,1-2H3,(H,18,19). The molecule has 1 aliphatic carbocycles. The second kappa shape index (κ2) is 9.11. The molecule has 1 saturated heterocycles. The van der Waals surface area contributed by atoms with E-state index in [1.807, 2.05) is 6.92 Å². The number of hydrogen-bond donors (Lipinski definition) is 2. The molecule has 2 aliphatic rings. The first-order chi connectivity index (χ1) is 11.2. The van der Waals surface area contributed by atoms with Crippen molar-refractivity contribution in [2.24, 2.45) is 16.8 Å². The number of ether oxygens (including phenoxy) is 1. The minimum absolute atomic E-state index is 0.0192. The molecule has 1 heterocycles. The Bertz CT molecular complexity index is 406. The van der Waals surface area contributed by atoms with E-state index in [2.05, 4.69) is 17.1 Å². The third-order valence-corrected chi connectivity index (χ3v) is 4.84. The van der Waals surface area contributed by atoms with E-state index in [9.17, 15) is 9.90 Å². The average molecular weight is 325 g/mol. The van der Waals surface area contributed by atoms with Crippen molar-refractivity contribution < 1.29 is 14.6 Å². The summed E-state index contributed by atoms with van der Waals surface area (Å²) in [5.41, 5.74) is 0. The first-order valence-corrected chi connectivity index (χ1v) is 9.03. The number of aliphatic hydroxyl groups is 1. The molecule has 0 aromatic heterocycles. The van der Waals surface area contributed by atoms with Crippen LogP contribution in [0.15, 0.2) is 4.99 Å². The largest absolute Gasteiger partial charge is 0.466 e. The first-order valence-electron chi connectivity index (χ1n) is 9.03. The molecule has 1 aliphatic heterocycles. The Labute approximate surface area is 139 Å². The maximum absolute atomic E-state index is 11.8. The molecule has 0 radical (unpaired) electrons. The van der Waals surface area contributed by atoms with Crippen LogP contribution >= 0.6 is 0 Å². The van der Waals surface area contributed by atoms with Gasteiger partial charge in [-0.3, -0.25) is 9.79 Å². The second-order valence-corrected chi connectivity index (χ2v) is 6.47. The third-order valence-electron chi connectivity index (χ3n) is 4.84. The minimum atomic E-state index is -0.198. The van der Waals surface area contributed by atoms with Crippen LogP contribution in [0, 0.1) is 11.8 Å². The number of nitrogens with one attached hydrogen (secondary N) is 1. The lowest BCUT2D eigenvalue weighted by molar-refractivity contribution is -0.149. The number of likely N-dealkylation sites (tertiary alicyclic amines) is 1. The molecule has 1 saturated carbocycles. The lowest BCUT2D eigenvalue weighted by atomic mass is 9.97. The van der Waals surface area contributed by atoms with Crippen LogP contribution in [0.25, 0.3) is 0 Å². The predicted octanol–water partition coefficient (Wildman–Crippen LogP) is 1.39. The summed E-state index contributed by atoms with van der Waals surface area (Å²) in [7, 11) is 0. The van der Waals surface area contributed by atoms with Gasteiger partial charge in [0.15, 0.2) is 5.96 Å². The topological polar surface area (TPSA) is 74.2 Å². The van der Waals surface area contributed by atoms with E-state index in [0.29, 0.717) is 19.1 Å². The van der Waals surface area contributed by atoms with Gasteiger partial charge in [0.2, 0.25) is 0 Å². The number of aliphatic hydroxyl groups excluding tert-OH is 1. The van der Waals surface area contributed by atoms with Gasteiger partial charge in [-0.05, 0) is 39.5 Å². The number of carbonyl (C=O) groups is 1. The van der Waals surface area contributed by atoms with E-state index >= 15 is 0 Å². The Hall–Kier alpha value is -1.30. The molecule has 0 amide bonds. The smallest absolute Gasteiger partial charge is 0.309 e. The highest BCUT2D eigenvalue weighted by molar-refractivity contribution is 5.80. The summed E-state index contributed by atoms with van der Waals surface area (Å²) in [6, 6.07) is 0. The van der Waals surface area contributed by atoms with Gasteiger partial charge in [0.05, 0.1) is 18.6 Å². The molecule has 132 valence electrons. The maximum Gasteiger partial charge on any atom is 0.309 e. The Morgan fingerprint density at radius 2 is 2.00 bits per heavy atom. The summed E-state index contributed by atoms with van der Waals surface area (Å²) in [5, 5.41) is 13.3.